The van der Waals surface area contributed by atoms with E-state index in [1.165, 1.54) is 0 Å². The van der Waals surface area contributed by atoms with Crippen LogP contribution in [0.3, 0.4) is 0 Å². The third kappa shape index (κ3) is 3.15. The lowest BCUT2D eigenvalue weighted by Gasteiger charge is -2.34. The maximum absolute atomic E-state index is 6.50. The maximum atomic E-state index is 6.50. The SMILES string of the molecule is CN(c1ccc(B2OC(C)(C)C(C)(C)O2)c(Cl)c1)C(C)(C)C. The molecule has 1 heterocycles. The highest BCUT2D eigenvalue weighted by Gasteiger charge is 2.52. The average Bonchev–Trinajstić information content (AvgIpc) is 2.55. The first kappa shape index (κ1) is 17.6. The molecule has 3 nitrogen and oxygen atoms in total. The molecule has 1 aliphatic heterocycles. The molecule has 22 heavy (non-hydrogen) atoms. The molecule has 0 unspecified atom stereocenters. The molecule has 0 atom stereocenters. The summed E-state index contributed by atoms with van der Waals surface area (Å²) in [4.78, 5) is 2.20. The van der Waals surface area contributed by atoms with Gasteiger partial charge in [-0.05, 0) is 60.6 Å². The second-order valence-corrected chi connectivity index (χ2v) is 8.43. The lowest BCUT2D eigenvalue weighted by Crippen LogP contribution is -2.41. The molecule has 0 aromatic heterocycles. The van der Waals surface area contributed by atoms with Crippen LogP contribution in [-0.4, -0.2) is 30.9 Å². The van der Waals surface area contributed by atoms with Crippen LogP contribution in [0, 0.1) is 0 Å². The molecule has 0 bridgehead atoms. The fraction of sp³-hybridized carbons (Fsp3) is 0.647. The van der Waals surface area contributed by atoms with E-state index in [2.05, 4.69) is 38.8 Å². The van der Waals surface area contributed by atoms with Crippen molar-refractivity contribution in [1.29, 1.82) is 0 Å². The Labute approximate surface area is 140 Å². The van der Waals surface area contributed by atoms with Crippen molar-refractivity contribution in [2.24, 2.45) is 0 Å². The highest BCUT2D eigenvalue weighted by molar-refractivity contribution is 6.65. The van der Waals surface area contributed by atoms with Crippen molar-refractivity contribution in [2.45, 2.75) is 65.2 Å². The van der Waals surface area contributed by atoms with Crippen molar-refractivity contribution in [1.82, 2.24) is 0 Å². The van der Waals surface area contributed by atoms with Crippen LogP contribution in [0.25, 0.3) is 0 Å². The molecule has 1 aliphatic rings. The highest BCUT2D eigenvalue weighted by Crippen LogP contribution is 2.37. The van der Waals surface area contributed by atoms with Gasteiger partial charge in [-0.15, -0.1) is 0 Å². The molecular formula is C17H27BClNO2. The molecule has 122 valence electrons. The molecule has 2 rings (SSSR count). The fourth-order valence-corrected chi connectivity index (χ4v) is 2.54. The first-order chi connectivity index (χ1) is 9.85. The Morgan fingerprint density at radius 1 is 1.05 bits per heavy atom. The number of hydrogen-bond acceptors (Lipinski definition) is 3. The lowest BCUT2D eigenvalue weighted by molar-refractivity contribution is 0.00578. The Balaban J connectivity index is 2.29. The molecule has 0 radical (unpaired) electrons. The van der Waals surface area contributed by atoms with Crippen molar-refractivity contribution >= 4 is 29.9 Å². The van der Waals surface area contributed by atoms with E-state index in [1.54, 1.807) is 0 Å². The number of hydrogen-bond donors (Lipinski definition) is 0. The van der Waals surface area contributed by atoms with Gasteiger partial charge in [-0.1, -0.05) is 17.7 Å². The molecule has 0 N–H and O–H groups in total. The second kappa shape index (κ2) is 5.43. The van der Waals surface area contributed by atoms with Crippen molar-refractivity contribution < 1.29 is 9.31 Å². The average molecular weight is 324 g/mol. The quantitative estimate of drug-likeness (QED) is 0.771. The zero-order valence-corrected chi connectivity index (χ0v) is 15.7. The topological polar surface area (TPSA) is 21.7 Å². The monoisotopic (exact) mass is 323 g/mol. The van der Waals surface area contributed by atoms with Crippen LogP contribution < -0.4 is 10.4 Å². The summed E-state index contributed by atoms with van der Waals surface area (Å²) in [6.45, 7) is 14.7. The molecule has 1 aromatic rings. The summed E-state index contributed by atoms with van der Waals surface area (Å²) in [6.07, 6.45) is 0. The summed E-state index contributed by atoms with van der Waals surface area (Å²) in [5.74, 6) is 0. The number of halogens is 1. The molecule has 1 fully saturated rings. The van der Waals surface area contributed by atoms with Gasteiger partial charge in [-0.2, -0.15) is 0 Å². The van der Waals surface area contributed by atoms with E-state index in [4.69, 9.17) is 20.9 Å². The van der Waals surface area contributed by atoms with Gasteiger partial charge in [-0.25, -0.2) is 0 Å². The molecule has 1 saturated heterocycles. The van der Waals surface area contributed by atoms with Gasteiger partial charge in [0.25, 0.3) is 0 Å². The summed E-state index contributed by atoms with van der Waals surface area (Å²) in [7, 11) is 1.65. The minimum atomic E-state index is -0.425. The van der Waals surface area contributed by atoms with Crippen LogP contribution in [0.15, 0.2) is 18.2 Å². The van der Waals surface area contributed by atoms with Gasteiger partial charge < -0.3 is 14.2 Å². The molecule has 0 aliphatic carbocycles. The zero-order chi connectivity index (χ0) is 16.9. The largest absolute Gasteiger partial charge is 0.496 e. The van der Waals surface area contributed by atoms with Gasteiger partial charge in [0.05, 0.1) is 11.2 Å². The van der Waals surface area contributed by atoms with Gasteiger partial charge in [-0.3, -0.25) is 0 Å². The molecule has 0 spiro atoms. The maximum Gasteiger partial charge on any atom is 0.496 e. The number of nitrogens with zero attached hydrogens (tertiary/aromatic N) is 1. The summed E-state index contributed by atoms with van der Waals surface area (Å²) >= 11 is 6.50. The van der Waals surface area contributed by atoms with Gasteiger partial charge in [0, 0.05) is 28.8 Å². The third-order valence-electron chi connectivity index (χ3n) is 4.88. The van der Waals surface area contributed by atoms with Crippen molar-refractivity contribution in [3.05, 3.63) is 23.2 Å². The van der Waals surface area contributed by atoms with Crippen LogP contribution in [0.2, 0.25) is 5.02 Å². The molecule has 0 amide bonds. The van der Waals surface area contributed by atoms with E-state index in [9.17, 15) is 0 Å². The Morgan fingerprint density at radius 2 is 1.55 bits per heavy atom. The molecule has 0 saturated carbocycles. The first-order valence-corrected chi connectivity index (χ1v) is 8.12. The number of anilines is 1. The summed E-state index contributed by atoms with van der Waals surface area (Å²) in [5, 5.41) is 0.673. The fourth-order valence-electron chi connectivity index (χ4n) is 2.27. The minimum Gasteiger partial charge on any atom is -0.399 e. The van der Waals surface area contributed by atoms with Crippen molar-refractivity contribution in [2.75, 3.05) is 11.9 Å². The Bertz CT molecular complexity index is 550. The number of rotatable bonds is 2. The summed E-state index contributed by atoms with van der Waals surface area (Å²) < 4.78 is 12.2. The van der Waals surface area contributed by atoms with E-state index in [1.807, 2.05) is 39.8 Å². The van der Waals surface area contributed by atoms with Crippen LogP contribution in [0.4, 0.5) is 5.69 Å². The van der Waals surface area contributed by atoms with Crippen LogP contribution in [-0.2, 0) is 9.31 Å². The van der Waals surface area contributed by atoms with Gasteiger partial charge in [0.1, 0.15) is 0 Å². The van der Waals surface area contributed by atoms with Crippen LogP contribution in [0.1, 0.15) is 48.5 Å². The molecule has 1 aromatic carbocycles. The minimum absolute atomic E-state index is 0.0369. The van der Waals surface area contributed by atoms with Gasteiger partial charge >= 0.3 is 7.12 Å². The first-order valence-electron chi connectivity index (χ1n) is 7.74. The molecule has 5 heteroatoms. The zero-order valence-electron chi connectivity index (χ0n) is 15.0. The lowest BCUT2D eigenvalue weighted by atomic mass is 9.79. The normalized spacial score (nSPS) is 20.3. The van der Waals surface area contributed by atoms with E-state index in [0.29, 0.717) is 5.02 Å². The second-order valence-electron chi connectivity index (χ2n) is 8.02. The summed E-state index contributed by atoms with van der Waals surface area (Å²) in [6, 6.07) is 6.05. The van der Waals surface area contributed by atoms with Gasteiger partial charge in [0.15, 0.2) is 0 Å². The Morgan fingerprint density at radius 3 is 1.95 bits per heavy atom. The van der Waals surface area contributed by atoms with Crippen molar-refractivity contribution in [3.63, 3.8) is 0 Å². The smallest absolute Gasteiger partial charge is 0.399 e. The predicted molar refractivity (Wildman–Crippen MR) is 95.3 cm³/mol. The summed E-state index contributed by atoms with van der Waals surface area (Å²) in [5.41, 5.74) is 1.28. The Hall–Kier alpha value is -0.705. The Kier molecular flexibility index (Phi) is 4.36. The predicted octanol–water partition coefficient (Wildman–Crippen LogP) is 3.87. The highest BCUT2D eigenvalue weighted by atomic mass is 35.5. The van der Waals surface area contributed by atoms with E-state index in [0.717, 1.165) is 11.2 Å². The number of benzene rings is 1. The van der Waals surface area contributed by atoms with Crippen LogP contribution in [0.5, 0.6) is 0 Å². The standard InChI is InChI=1S/C17H27BClNO2/c1-15(2,3)20(8)12-9-10-13(14(19)11-12)18-21-16(4,5)17(6,7)22-18/h9-11H,1-8H3. The van der Waals surface area contributed by atoms with Gasteiger partial charge in [0.2, 0.25) is 0 Å². The molecular weight excluding hydrogens is 296 g/mol. The third-order valence-corrected chi connectivity index (χ3v) is 5.21. The van der Waals surface area contributed by atoms with E-state index in [-0.39, 0.29) is 16.7 Å². The van der Waals surface area contributed by atoms with E-state index < -0.39 is 7.12 Å². The van der Waals surface area contributed by atoms with Crippen molar-refractivity contribution in [3.8, 4) is 0 Å². The van der Waals surface area contributed by atoms with E-state index >= 15 is 0 Å². The van der Waals surface area contributed by atoms with Crippen LogP contribution >= 0.6 is 11.6 Å².